The van der Waals surface area contributed by atoms with Crippen molar-refractivity contribution in [3.8, 4) is 0 Å². The number of aryl methyl sites for hydroxylation is 2. The number of fused-ring (bicyclic) bond motifs is 8. The molecule has 2 heterocycles. The van der Waals surface area contributed by atoms with E-state index in [9.17, 15) is 13.2 Å². The number of thioether (sulfide) groups is 1. The number of alkyl halides is 3. The second kappa shape index (κ2) is 12.7. The van der Waals surface area contributed by atoms with Crippen LogP contribution >= 0.6 is 11.8 Å². The number of hydrogen-bond donors (Lipinski definition) is 0. The molecule has 2 aliphatic heterocycles. The fraction of sp³-hybridized carbons (Fsp3) is 0.224. The molecule has 2 aliphatic rings. The highest BCUT2D eigenvalue weighted by atomic mass is 32.2. The van der Waals surface area contributed by atoms with Crippen molar-refractivity contribution in [1.29, 1.82) is 0 Å². The molecule has 7 aromatic carbocycles. The highest BCUT2D eigenvalue weighted by molar-refractivity contribution is 8.00. The molecule has 7 heteroatoms. The summed E-state index contributed by atoms with van der Waals surface area (Å²) in [4.78, 5) is 4.65. The molecule has 0 N–H and O–H groups in total. The lowest BCUT2D eigenvalue weighted by Gasteiger charge is -2.45. The summed E-state index contributed by atoms with van der Waals surface area (Å²) in [7, 11) is 0. The monoisotopic (exact) mass is 760 g/mol. The average Bonchev–Trinajstić information content (AvgIpc) is 3.13. The van der Waals surface area contributed by atoms with Gasteiger partial charge >= 0.3 is 5.51 Å². The fourth-order valence-electron chi connectivity index (χ4n) is 8.80. The van der Waals surface area contributed by atoms with Crippen LogP contribution in [0.5, 0.6) is 0 Å². The largest absolute Gasteiger partial charge is 0.446 e. The Bertz CT molecular complexity index is 2560. The van der Waals surface area contributed by atoms with E-state index in [1.54, 1.807) is 12.1 Å². The van der Waals surface area contributed by atoms with Gasteiger partial charge < -0.3 is 9.80 Å². The lowest BCUT2D eigenvalue weighted by atomic mass is 9.33. The molecular weight excluding hydrogens is 716 g/mol. The molecule has 0 aliphatic carbocycles. The van der Waals surface area contributed by atoms with Crippen molar-refractivity contribution >= 4 is 90.5 Å². The van der Waals surface area contributed by atoms with Gasteiger partial charge in [-0.3, -0.25) is 0 Å². The predicted octanol–water partition coefficient (Wildman–Crippen LogP) is 12.9. The van der Waals surface area contributed by atoms with E-state index in [1.165, 1.54) is 0 Å². The van der Waals surface area contributed by atoms with Gasteiger partial charge in [-0.05, 0) is 111 Å². The van der Waals surface area contributed by atoms with E-state index in [0.29, 0.717) is 0 Å². The molecule has 0 unspecified atom stereocenters. The van der Waals surface area contributed by atoms with Gasteiger partial charge in [-0.15, -0.1) is 0 Å². The first-order valence-electron chi connectivity index (χ1n) is 19.3. The lowest BCUT2D eigenvalue weighted by molar-refractivity contribution is -0.0328. The third-order valence-electron chi connectivity index (χ3n) is 11.5. The minimum atomic E-state index is -4.48. The van der Waals surface area contributed by atoms with Gasteiger partial charge in [0.05, 0.1) is 0 Å². The topological polar surface area (TPSA) is 6.48 Å². The maximum Gasteiger partial charge on any atom is 0.446 e. The summed E-state index contributed by atoms with van der Waals surface area (Å²) in [6.07, 6.45) is 0. The van der Waals surface area contributed by atoms with E-state index in [4.69, 9.17) is 0 Å². The lowest BCUT2D eigenvalue weighted by Crippen LogP contribution is -2.61. The van der Waals surface area contributed by atoms with Crippen molar-refractivity contribution in [2.45, 2.75) is 76.6 Å². The summed E-state index contributed by atoms with van der Waals surface area (Å²) in [6, 6.07) is 42.6. The summed E-state index contributed by atoms with van der Waals surface area (Å²) in [5, 5.41) is 4.31. The van der Waals surface area contributed by atoms with Crippen LogP contribution in [0.4, 0.5) is 47.3 Å². The quantitative estimate of drug-likeness (QED) is 0.131. The molecule has 9 rings (SSSR count). The predicted molar refractivity (Wildman–Crippen MR) is 234 cm³/mol. The first-order chi connectivity index (χ1) is 26.5. The minimum Gasteiger partial charge on any atom is -0.311 e. The van der Waals surface area contributed by atoms with Crippen molar-refractivity contribution in [1.82, 2.24) is 0 Å². The molecule has 0 amide bonds. The van der Waals surface area contributed by atoms with E-state index in [1.807, 2.05) is 0 Å². The smallest absolute Gasteiger partial charge is 0.311 e. The summed E-state index contributed by atoms with van der Waals surface area (Å²) >= 11 is -0.0419. The molecule has 0 saturated carbocycles. The van der Waals surface area contributed by atoms with Gasteiger partial charge in [0.25, 0.3) is 6.71 Å². The van der Waals surface area contributed by atoms with Crippen molar-refractivity contribution in [3.63, 3.8) is 0 Å². The van der Waals surface area contributed by atoms with E-state index in [0.717, 1.165) is 94.3 Å². The van der Waals surface area contributed by atoms with Crippen LogP contribution in [0.1, 0.15) is 63.8 Å². The van der Waals surface area contributed by atoms with Crippen LogP contribution in [-0.2, 0) is 10.8 Å². The second-order valence-electron chi connectivity index (χ2n) is 17.6. The van der Waals surface area contributed by atoms with Gasteiger partial charge in [-0.25, -0.2) is 0 Å². The van der Waals surface area contributed by atoms with Gasteiger partial charge in [-0.2, -0.15) is 13.2 Å². The summed E-state index contributed by atoms with van der Waals surface area (Å²) in [5.74, 6) is 0. The third kappa shape index (κ3) is 6.06. The molecule has 0 aromatic heterocycles. The molecule has 0 bridgehead atoms. The molecule has 0 spiro atoms. The molecular formula is C49H44BF3N2S. The minimum absolute atomic E-state index is 0.0419. The van der Waals surface area contributed by atoms with Crippen LogP contribution in [0.3, 0.4) is 0 Å². The SMILES string of the molecule is Cc1ccc2c3c(ccc2c1)B1c2ccc4cc(C)ccc4c2N(c2cccc(C(C)(C)C)c2)c2cc(SC(F)(F)F)cc(c21)N3c1cccc(C(C)(C)C)c1. The zero-order valence-electron chi connectivity index (χ0n) is 33.1. The van der Waals surface area contributed by atoms with Crippen molar-refractivity contribution in [2.75, 3.05) is 9.80 Å². The summed E-state index contributed by atoms with van der Waals surface area (Å²) in [6.45, 7) is 17.1. The number of halogens is 3. The zero-order valence-corrected chi connectivity index (χ0v) is 33.9. The Hall–Kier alpha value is -5.14. The van der Waals surface area contributed by atoms with Gasteiger partial charge in [0.15, 0.2) is 0 Å². The maximum absolute atomic E-state index is 14.6. The number of benzene rings is 7. The molecule has 2 nitrogen and oxygen atoms in total. The highest BCUT2D eigenvalue weighted by Gasteiger charge is 2.45. The van der Waals surface area contributed by atoms with E-state index in [2.05, 4.69) is 174 Å². The van der Waals surface area contributed by atoms with Crippen LogP contribution in [0.2, 0.25) is 0 Å². The van der Waals surface area contributed by atoms with Crippen LogP contribution in [0.25, 0.3) is 21.5 Å². The Morgan fingerprint density at radius 3 is 1.38 bits per heavy atom. The summed E-state index contributed by atoms with van der Waals surface area (Å²) in [5.41, 5.74) is 8.45. The van der Waals surface area contributed by atoms with E-state index >= 15 is 0 Å². The highest BCUT2D eigenvalue weighted by Crippen LogP contribution is 2.51. The molecule has 7 aromatic rings. The molecule has 0 radical (unpaired) electrons. The Morgan fingerprint density at radius 2 is 0.964 bits per heavy atom. The van der Waals surface area contributed by atoms with Gasteiger partial charge in [-0.1, -0.05) is 138 Å². The molecule has 280 valence electrons. The Morgan fingerprint density at radius 1 is 0.518 bits per heavy atom. The van der Waals surface area contributed by atoms with Crippen molar-refractivity contribution in [3.05, 3.63) is 144 Å². The molecule has 0 fully saturated rings. The van der Waals surface area contributed by atoms with Crippen molar-refractivity contribution in [2.24, 2.45) is 0 Å². The average molecular weight is 761 g/mol. The van der Waals surface area contributed by atoms with E-state index < -0.39 is 5.51 Å². The third-order valence-corrected chi connectivity index (χ3v) is 12.2. The standard InChI is InChI=1S/C49H44BF3N2S/c1-29-15-19-38-31(23-29)17-21-40-45(38)54(35-13-9-11-33(25-35)47(3,4)5)42-27-37(56-49(51,52)53)28-43-44(42)50(40)41-22-18-32-24-30(2)16-20-39(32)46(41)55(43)36-14-10-12-34(26-36)48(6,7)8/h9-28H,1-8H3. The molecule has 0 atom stereocenters. The Kier molecular flexibility index (Phi) is 8.27. The van der Waals surface area contributed by atoms with Crippen LogP contribution in [0.15, 0.2) is 126 Å². The molecule has 56 heavy (non-hydrogen) atoms. The van der Waals surface area contributed by atoms with Crippen LogP contribution in [0, 0.1) is 13.8 Å². The number of hydrogen-bond acceptors (Lipinski definition) is 3. The Balaban J connectivity index is 1.46. The number of anilines is 6. The van der Waals surface area contributed by atoms with Gasteiger partial charge in [0, 0.05) is 49.8 Å². The molecule has 0 saturated heterocycles. The number of rotatable bonds is 3. The second-order valence-corrected chi connectivity index (χ2v) is 18.7. The van der Waals surface area contributed by atoms with Crippen molar-refractivity contribution < 1.29 is 13.2 Å². The van der Waals surface area contributed by atoms with Gasteiger partial charge in [0.1, 0.15) is 0 Å². The van der Waals surface area contributed by atoms with E-state index in [-0.39, 0.29) is 34.2 Å². The van der Waals surface area contributed by atoms with Gasteiger partial charge in [0.2, 0.25) is 0 Å². The van der Waals surface area contributed by atoms with Crippen LogP contribution in [-0.4, -0.2) is 12.2 Å². The normalized spacial score (nSPS) is 13.9. The fourth-order valence-corrected chi connectivity index (χ4v) is 9.41. The zero-order chi connectivity index (χ0) is 39.5. The first-order valence-corrected chi connectivity index (χ1v) is 20.1. The number of nitrogens with zero attached hydrogens (tertiary/aromatic N) is 2. The Labute approximate surface area is 332 Å². The maximum atomic E-state index is 14.6. The first kappa shape index (κ1) is 36.5. The summed E-state index contributed by atoms with van der Waals surface area (Å²) < 4.78 is 43.8. The van der Waals surface area contributed by atoms with Crippen LogP contribution < -0.4 is 26.2 Å².